The average molecular weight is 349 g/mol. The first kappa shape index (κ1) is 14.2. The van der Waals surface area contributed by atoms with Crippen LogP contribution in [0.1, 0.15) is 31.6 Å². The van der Waals surface area contributed by atoms with Crippen LogP contribution in [0.25, 0.3) is 0 Å². The van der Waals surface area contributed by atoms with Crippen LogP contribution in [-0.2, 0) is 4.79 Å². The minimum Gasteiger partial charge on any atom is -0.452 e. The Morgan fingerprint density at radius 2 is 2.19 bits per heavy atom. The highest BCUT2D eigenvalue weighted by molar-refractivity contribution is 9.10. The third-order valence-corrected chi connectivity index (χ3v) is 4.06. The summed E-state index contributed by atoms with van der Waals surface area (Å²) in [7, 11) is 0. The molecule has 0 bridgehead atoms. The Morgan fingerprint density at radius 3 is 2.86 bits per heavy atom. The Balaban J connectivity index is 1.75. The molecule has 110 valence electrons. The molecule has 1 saturated heterocycles. The van der Waals surface area contributed by atoms with E-state index in [1.54, 1.807) is 0 Å². The Morgan fingerprint density at radius 1 is 1.33 bits per heavy atom. The zero-order valence-corrected chi connectivity index (χ0v) is 13.4. The molecular weight excluding hydrogens is 332 g/mol. The topological polar surface area (TPSA) is 45.5 Å². The number of carbonyl (C=O) groups is 1. The molecule has 1 aliphatic heterocycles. The maximum Gasteiger partial charge on any atom is 0.227 e. The SMILES string of the molecule is CC(Nc1cccc(N2CCCC2=O)c1)c1ccc(Br)o1. The average Bonchev–Trinajstić information content (AvgIpc) is 3.08. The van der Waals surface area contributed by atoms with Crippen LogP contribution in [0.4, 0.5) is 11.4 Å². The van der Waals surface area contributed by atoms with E-state index in [9.17, 15) is 4.79 Å². The summed E-state index contributed by atoms with van der Waals surface area (Å²) in [6.07, 6.45) is 1.59. The molecule has 0 spiro atoms. The van der Waals surface area contributed by atoms with Gasteiger partial charge in [0.15, 0.2) is 4.67 Å². The Kier molecular flexibility index (Phi) is 4.01. The van der Waals surface area contributed by atoms with Crippen molar-refractivity contribution in [2.24, 2.45) is 0 Å². The minimum absolute atomic E-state index is 0.0563. The molecule has 1 fully saturated rings. The smallest absolute Gasteiger partial charge is 0.227 e. The highest BCUT2D eigenvalue weighted by atomic mass is 79.9. The number of anilines is 2. The lowest BCUT2D eigenvalue weighted by molar-refractivity contribution is -0.117. The van der Waals surface area contributed by atoms with Gasteiger partial charge in [0, 0.05) is 24.3 Å². The number of carbonyl (C=O) groups excluding carboxylic acids is 1. The highest BCUT2D eigenvalue weighted by Crippen LogP contribution is 2.27. The van der Waals surface area contributed by atoms with Crippen LogP contribution in [0.2, 0.25) is 0 Å². The number of nitrogens with zero attached hydrogens (tertiary/aromatic N) is 1. The molecule has 1 aromatic carbocycles. The van der Waals surface area contributed by atoms with Gasteiger partial charge < -0.3 is 14.6 Å². The summed E-state index contributed by atoms with van der Waals surface area (Å²) in [4.78, 5) is 13.7. The first-order valence-corrected chi connectivity index (χ1v) is 7.85. The number of furan rings is 1. The van der Waals surface area contributed by atoms with E-state index >= 15 is 0 Å². The normalized spacial score (nSPS) is 16.3. The van der Waals surface area contributed by atoms with E-state index in [1.165, 1.54) is 0 Å². The van der Waals surface area contributed by atoms with Crippen molar-refractivity contribution in [3.63, 3.8) is 0 Å². The molecule has 1 amide bonds. The molecule has 21 heavy (non-hydrogen) atoms. The lowest BCUT2D eigenvalue weighted by Crippen LogP contribution is -2.23. The maximum absolute atomic E-state index is 11.8. The predicted octanol–water partition coefficient (Wildman–Crippen LogP) is 4.34. The van der Waals surface area contributed by atoms with Gasteiger partial charge in [-0.05, 0) is 59.6 Å². The van der Waals surface area contributed by atoms with Gasteiger partial charge in [-0.1, -0.05) is 6.07 Å². The van der Waals surface area contributed by atoms with Crippen molar-refractivity contribution in [2.75, 3.05) is 16.8 Å². The van der Waals surface area contributed by atoms with Gasteiger partial charge in [0.2, 0.25) is 5.91 Å². The number of nitrogens with one attached hydrogen (secondary N) is 1. The van der Waals surface area contributed by atoms with Gasteiger partial charge in [0.05, 0.1) is 6.04 Å². The molecule has 3 rings (SSSR count). The minimum atomic E-state index is 0.0563. The Labute approximate surface area is 132 Å². The van der Waals surface area contributed by atoms with Gasteiger partial charge in [-0.3, -0.25) is 4.79 Å². The van der Waals surface area contributed by atoms with Crippen molar-refractivity contribution in [2.45, 2.75) is 25.8 Å². The third kappa shape index (κ3) is 3.13. The maximum atomic E-state index is 11.8. The van der Waals surface area contributed by atoms with Crippen molar-refractivity contribution in [1.82, 2.24) is 0 Å². The summed E-state index contributed by atoms with van der Waals surface area (Å²) in [5.41, 5.74) is 1.93. The Bertz CT molecular complexity index is 653. The molecule has 0 radical (unpaired) electrons. The van der Waals surface area contributed by atoms with Crippen molar-refractivity contribution in [3.05, 3.63) is 46.8 Å². The second kappa shape index (κ2) is 5.93. The highest BCUT2D eigenvalue weighted by Gasteiger charge is 2.21. The van der Waals surface area contributed by atoms with Crippen LogP contribution < -0.4 is 10.2 Å². The fourth-order valence-electron chi connectivity index (χ4n) is 2.57. The van der Waals surface area contributed by atoms with Gasteiger partial charge in [0.25, 0.3) is 0 Å². The third-order valence-electron chi connectivity index (χ3n) is 3.64. The van der Waals surface area contributed by atoms with Crippen LogP contribution in [-0.4, -0.2) is 12.5 Å². The fraction of sp³-hybridized carbons (Fsp3) is 0.312. The number of amides is 1. The number of benzene rings is 1. The van der Waals surface area contributed by atoms with Crippen molar-refractivity contribution in [1.29, 1.82) is 0 Å². The molecule has 1 aliphatic rings. The molecule has 1 atom stereocenters. The monoisotopic (exact) mass is 348 g/mol. The predicted molar refractivity (Wildman–Crippen MR) is 86.5 cm³/mol. The standard InChI is InChI=1S/C16H17BrN2O2/c1-11(14-7-8-15(17)21-14)18-12-4-2-5-13(10-12)19-9-3-6-16(19)20/h2,4-5,7-8,10-11,18H,3,6,9H2,1H3. The fourth-order valence-corrected chi connectivity index (χ4v) is 2.89. The van der Waals surface area contributed by atoms with Crippen molar-refractivity contribution >= 4 is 33.2 Å². The van der Waals surface area contributed by atoms with E-state index in [-0.39, 0.29) is 11.9 Å². The number of hydrogen-bond donors (Lipinski definition) is 1. The summed E-state index contributed by atoms with van der Waals surface area (Å²) in [6.45, 7) is 2.85. The van der Waals surface area contributed by atoms with E-state index in [4.69, 9.17) is 4.42 Å². The molecule has 0 aliphatic carbocycles. The van der Waals surface area contributed by atoms with Crippen molar-refractivity contribution < 1.29 is 9.21 Å². The zero-order chi connectivity index (χ0) is 14.8. The number of rotatable bonds is 4. The van der Waals surface area contributed by atoms with Crippen LogP contribution in [0.15, 0.2) is 45.5 Å². The molecule has 2 heterocycles. The van der Waals surface area contributed by atoms with E-state index in [0.717, 1.165) is 34.8 Å². The molecule has 1 aromatic heterocycles. The first-order valence-electron chi connectivity index (χ1n) is 7.06. The van der Waals surface area contributed by atoms with E-state index in [2.05, 4.69) is 21.2 Å². The lowest BCUT2D eigenvalue weighted by atomic mass is 10.2. The Hall–Kier alpha value is -1.75. The van der Waals surface area contributed by atoms with Crippen LogP contribution in [0.5, 0.6) is 0 Å². The molecule has 1 N–H and O–H groups in total. The quantitative estimate of drug-likeness (QED) is 0.893. The number of hydrogen-bond acceptors (Lipinski definition) is 3. The summed E-state index contributed by atoms with van der Waals surface area (Å²) < 4.78 is 6.28. The molecule has 0 saturated carbocycles. The second-order valence-corrected chi connectivity index (χ2v) is 5.99. The second-order valence-electron chi connectivity index (χ2n) is 5.21. The van der Waals surface area contributed by atoms with Gasteiger partial charge >= 0.3 is 0 Å². The first-order chi connectivity index (χ1) is 10.1. The van der Waals surface area contributed by atoms with Gasteiger partial charge in [-0.15, -0.1) is 0 Å². The molecule has 5 heteroatoms. The number of halogens is 1. The zero-order valence-electron chi connectivity index (χ0n) is 11.8. The summed E-state index contributed by atoms with van der Waals surface area (Å²) in [5.74, 6) is 1.07. The van der Waals surface area contributed by atoms with E-state index in [0.29, 0.717) is 6.42 Å². The van der Waals surface area contributed by atoms with Gasteiger partial charge in [-0.25, -0.2) is 0 Å². The lowest BCUT2D eigenvalue weighted by Gasteiger charge is -2.18. The largest absolute Gasteiger partial charge is 0.452 e. The van der Waals surface area contributed by atoms with Crippen LogP contribution in [0.3, 0.4) is 0 Å². The van der Waals surface area contributed by atoms with E-state index in [1.807, 2.05) is 48.2 Å². The molecule has 4 nitrogen and oxygen atoms in total. The van der Waals surface area contributed by atoms with Gasteiger partial charge in [0.1, 0.15) is 5.76 Å². The molecule has 1 unspecified atom stereocenters. The summed E-state index contributed by atoms with van der Waals surface area (Å²) in [6, 6.07) is 11.8. The molecule has 2 aromatic rings. The van der Waals surface area contributed by atoms with Gasteiger partial charge in [-0.2, -0.15) is 0 Å². The van der Waals surface area contributed by atoms with Crippen molar-refractivity contribution in [3.8, 4) is 0 Å². The molecular formula is C16H17BrN2O2. The van der Waals surface area contributed by atoms with Crippen LogP contribution in [0, 0.1) is 0 Å². The van der Waals surface area contributed by atoms with E-state index < -0.39 is 0 Å². The summed E-state index contributed by atoms with van der Waals surface area (Å²) >= 11 is 3.31. The van der Waals surface area contributed by atoms with Crippen LogP contribution >= 0.6 is 15.9 Å². The summed E-state index contributed by atoms with van der Waals surface area (Å²) in [5, 5.41) is 3.40.